The second-order valence-corrected chi connectivity index (χ2v) is 3.91. The van der Waals surface area contributed by atoms with Gasteiger partial charge in [0.2, 0.25) is 0 Å². The van der Waals surface area contributed by atoms with E-state index in [-0.39, 0.29) is 5.82 Å². The Labute approximate surface area is 77.9 Å². The van der Waals surface area contributed by atoms with Crippen LogP contribution in [0.15, 0.2) is 12.1 Å². The molecule has 0 fully saturated rings. The zero-order valence-corrected chi connectivity index (χ0v) is 7.84. The van der Waals surface area contributed by atoms with Crippen LogP contribution in [0.25, 0.3) is 10.9 Å². The van der Waals surface area contributed by atoms with E-state index in [0.29, 0.717) is 10.5 Å². The van der Waals surface area contributed by atoms with Crippen molar-refractivity contribution in [2.45, 2.75) is 6.92 Å². The lowest BCUT2D eigenvalue weighted by molar-refractivity contribution is 0.630. The molecule has 0 aliphatic heterocycles. The van der Waals surface area contributed by atoms with Crippen molar-refractivity contribution in [1.29, 1.82) is 0 Å². The Morgan fingerprint density at radius 1 is 1.50 bits per heavy atom. The van der Waals surface area contributed by atoms with Crippen molar-refractivity contribution < 1.29 is 4.39 Å². The molecule has 4 heteroatoms. The quantitative estimate of drug-likeness (QED) is 0.637. The van der Waals surface area contributed by atoms with Crippen LogP contribution in [0.1, 0.15) is 4.88 Å². The maximum Gasteiger partial charge on any atom is 0.125 e. The minimum Gasteiger partial charge on any atom is -0.207 e. The van der Waals surface area contributed by atoms with Crippen molar-refractivity contribution in [3.8, 4) is 0 Å². The molecule has 2 rings (SSSR count). The molecule has 0 spiro atoms. The summed E-state index contributed by atoms with van der Waals surface area (Å²) in [6.45, 7) is 1.90. The van der Waals surface area contributed by atoms with E-state index in [4.69, 9.17) is 11.6 Å². The molecule has 0 unspecified atom stereocenters. The van der Waals surface area contributed by atoms with Crippen LogP contribution in [0, 0.1) is 12.7 Å². The highest BCUT2D eigenvalue weighted by Gasteiger charge is 2.07. The Balaban J connectivity index is 2.92. The first kappa shape index (κ1) is 7.95. The van der Waals surface area contributed by atoms with Crippen LogP contribution >= 0.6 is 23.1 Å². The Morgan fingerprint density at radius 3 is 3.00 bits per heavy atom. The van der Waals surface area contributed by atoms with E-state index in [1.165, 1.54) is 23.7 Å². The minimum absolute atomic E-state index is 0.309. The highest BCUT2D eigenvalue weighted by Crippen LogP contribution is 2.28. The molecule has 1 heterocycles. The summed E-state index contributed by atoms with van der Waals surface area (Å²) < 4.78 is 16.9. The van der Waals surface area contributed by atoms with Crippen molar-refractivity contribution >= 4 is 34.0 Å². The van der Waals surface area contributed by atoms with Crippen LogP contribution in [0.4, 0.5) is 4.39 Å². The minimum atomic E-state index is -0.309. The van der Waals surface area contributed by atoms with Gasteiger partial charge in [-0.25, -0.2) is 4.39 Å². The van der Waals surface area contributed by atoms with Crippen molar-refractivity contribution in [2.75, 3.05) is 0 Å². The zero-order valence-electron chi connectivity index (χ0n) is 6.27. The predicted octanol–water partition coefficient (Wildman–Crippen LogP) is 3.40. The van der Waals surface area contributed by atoms with E-state index in [0.717, 1.165) is 10.3 Å². The summed E-state index contributed by atoms with van der Waals surface area (Å²) in [6, 6.07) is 2.74. The maximum absolute atomic E-state index is 12.8. The summed E-state index contributed by atoms with van der Waals surface area (Å²) in [5.41, 5.74) is 0.695. The zero-order chi connectivity index (χ0) is 8.72. The summed E-state index contributed by atoms with van der Waals surface area (Å²) in [5.74, 6) is -0.309. The van der Waals surface area contributed by atoms with Gasteiger partial charge in [0.1, 0.15) is 11.3 Å². The number of hydrogen-bond donors (Lipinski definition) is 0. The Hall–Kier alpha value is -0.670. The first-order valence-electron chi connectivity index (χ1n) is 3.39. The summed E-state index contributed by atoms with van der Waals surface area (Å²) in [4.78, 5) is 0.992. The standard InChI is InChI=1S/C8H5ClFNS/c1-4-6-2-5(10)3-7(9)8(6)11-12-4/h2-3H,1H3. The van der Waals surface area contributed by atoms with Gasteiger partial charge in [-0.3, -0.25) is 0 Å². The third-order valence-electron chi connectivity index (χ3n) is 1.68. The van der Waals surface area contributed by atoms with Crippen LogP contribution in [0.2, 0.25) is 5.02 Å². The van der Waals surface area contributed by atoms with Crippen molar-refractivity contribution in [1.82, 2.24) is 4.37 Å². The van der Waals surface area contributed by atoms with Crippen molar-refractivity contribution in [2.24, 2.45) is 0 Å². The van der Waals surface area contributed by atoms with E-state index in [1.807, 2.05) is 6.92 Å². The first-order chi connectivity index (χ1) is 5.68. The lowest BCUT2D eigenvalue weighted by atomic mass is 10.2. The second kappa shape index (κ2) is 2.68. The Kier molecular flexibility index (Phi) is 1.77. The van der Waals surface area contributed by atoms with Crippen LogP contribution in [-0.4, -0.2) is 4.37 Å². The predicted molar refractivity (Wildman–Crippen MR) is 49.3 cm³/mol. The third-order valence-corrected chi connectivity index (χ3v) is 2.74. The molecule has 0 atom stereocenters. The number of nitrogens with zero attached hydrogens (tertiary/aromatic N) is 1. The largest absolute Gasteiger partial charge is 0.207 e. The summed E-state index contributed by atoms with van der Waals surface area (Å²) in [5, 5.41) is 1.19. The number of benzene rings is 1. The van der Waals surface area contributed by atoms with Gasteiger partial charge in [-0.15, -0.1) is 0 Å². The highest BCUT2D eigenvalue weighted by molar-refractivity contribution is 7.07. The molecule has 1 nitrogen and oxygen atoms in total. The average molecular weight is 202 g/mol. The van der Waals surface area contributed by atoms with E-state index < -0.39 is 0 Å². The molecule has 62 valence electrons. The molecule has 0 N–H and O–H groups in total. The molecular weight excluding hydrogens is 197 g/mol. The molecule has 0 radical (unpaired) electrons. The number of hydrogen-bond acceptors (Lipinski definition) is 2. The lowest BCUT2D eigenvalue weighted by Gasteiger charge is -1.93. The summed E-state index contributed by atoms with van der Waals surface area (Å²) >= 11 is 7.12. The van der Waals surface area contributed by atoms with E-state index in [2.05, 4.69) is 4.37 Å². The van der Waals surface area contributed by atoms with Crippen LogP contribution in [0.3, 0.4) is 0 Å². The van der Waals surface area contributed by atoms with Gasteiger partial charge in [-0.2, -0.15) is 4.37 Å². The van der Waals surface area contributed by atoms with Crippen molar-refractivity contribution in [3.63, 3.8) is 0 Å². The molecule has 0 bridgehead atoms. The molecule has 0 aliphatic carbocycles. The first-order valence-corrected chi connectivity index (χ1v) is 4.54. The molecular formula is C8H5ClFNS. The molecule has 12 heavy (non-hydrogen) atoms. The van der Waals surface area contributed by atoms with Crippen LogP contribution in [0.5, 0.6) is 0 Å². The fraction of sp³-hybridized carbons (Fsp3) is 0.125. The molecule has 0 aliphatic rings. The maximum atomic E-state index is 12.8. The highest BCUT2D eigenvalue weighted by atomic mass is 35.5. The van der Waals surface area contributed by atoms with Crippen LogP contribution in [-0.2, 0) is 0 Å². The van der Waals surface area contributed by atoms with Crippen molar-refractivity contribution in [3.05, 3.63) is 27.8 Å². The van der Waals surface area contributed by atoms with Gasteiger partial charge in [-0.1, -0.05) is 11.6 Å². The van der Waals surface area contributed by atoms with Gasteiger partial charge < -0.3 is 0 Å². The molecule has 0 saturated carbocycles. The second-order valence-electron chi connectivity index (χ2n) is 2.52. The van der Waals surface area contributed by atoms with E-state index in [9.17, 15) is 4.39 Å². The number of rotatable bonds is 0. The van der Waals surface area contributed by atoms with Gasteiger partial charge in [0.15, 0.2) is 0 Å². The monoisotopic (exact) mass is 201 g/mol. The van der Waals surface area contributed by atoms with Gasteiger partial charge in [-0.05, 0) is 30.6 Å². The fourth-order valence-corrected chi connectivity index (χ4v) is 2.07. The number of aryl methyl sites for hydroxylation is 1. The molecule has 0 amide bonds. The van der Waals surface area contributed by atoms with E-state index in [1.54, 1.807) is 0 Å². The smallest absolute Gasteiger partial charge is 0.125 e. The van der Waals surface area contributed by atoms with Gasteiger partial charge in [0.25, 0.3) is 0 Å². The topological polar surface area (TPSA) is 12.9 Å². The van der Waals surface area contributed by atoms with Gasteiger partial charge in [0.05, 0.1) is 5.02 Å². The Bertz CT molecular complexity index is 438. The molecule has 1 aromatic carbocycles. The number of halogens is 2. The average Bonchev–Trinajstić information content (AvgIpc) is 2.33. The van der Waals surface area contributed by atoms with E-state index >= 15 is 0 Å². The molecule has 0 saturated heterocycles. The lowest BCUT2D eigenvalue weighted by Crippen LogP contribution is -1.76. The number of fused-ring (bicyclic) bond motifs is 1. The number of aromatic nitrogens is 1. The van der Waals surface area contributed by atoms with Gasteiger partial charge in [0, 0.05) is 10.3 Å². The van der Waals surface area contributed by atoms with Gasteiger partial charge >= 0.3 is 0 Å². The normalized spacial score (nSPS) is 10.9. The SMILES string of the molecule is Cc1snc2c(Cl)cc(F)cc12. The van der Waals surface area contributed by atoms with Crippen LogP contribution < -0.4 is 0 Å². The third kappa shape index (κ3) is 1.09. The summed E-state index contributed by atoms with van der Waals surface area (Å²) in [7, 11) is 0. The summed E-state index contributed by atoms with van der Waals surface area (Å²) in [6.07, 6.45) is 0. The molecule has 2 aromatic rings. The molecule has 1 aromatic heterocycles. The Morgan fingerprint density at radius 2 is 2.25 bits per heavy atom. The fourth-order valence-electron chi connectivity index (χ4n) is 1.09.